The average Bonchev–Trinajstić information content (AvgIpc) is 2.66. The molecule has 2 rings (SSSR count). The van der Waals surface area contributed by atoms with E-state index in [1.165, 1.54) is 6.07 Å². The Kier molecular flexibility index (Phi) is 3.47. The molecule has 0 radical (unpaired) electrons. The Labute approximate surface area is 104 Å². The average molecular weight is 287 g/mol. The monoisotopic (exact) mass is 286 g/mol. The van der Waals surface area contributed by atoms with Gasteiger partial charge >= 0.3 is 0 Å². The van der Waals surface area contributed by atoms with Gasteiger partial charge < -0.3 is 4.90 Å². The Morgan fingerprint density at radius 3 is 2.88 bits per heavy atom. The molecule has 0 amide bonds. The Balaban J connectivity index is 2.14. The van der Waals surface area contributed by atoms with E-state index in [-0.39, 0.29) is 5.82 Å². The van der Waals surface area contributed by atoms with E-state index in [0.29, 0.717) is 22.1 Å². The normalized spacial score (nSPS) is 20.8. The highest BCUT2D eigenvalue weighted by molar-refractivity contribution is 9.10. The van der Waals surface area contributed by atoms with Gasteiger partial charge in [0.1, 0.15) is 0 Å². The lowest BCUT2D eigenvalue weighted by Crippen LogP contribution is -2.23. The molecule has 0 aliphatic carbocycles. The second-order valence-electron chi connectivity index (χ2n) is 4.70. The van der Waals surface area contributed by atoms with Gasteiger partial charge in [0.05, 0.1) is 0 Å². The Hall–Kier alpha value is -0.640. The minimum Gasteiger partial charge on any atom is -0.354 e. The van der Waals surface area contributed by atoms with Gasteiger partial charge in [-0.3, -0.25) is 0 Å². The van der Waals surface area contributed by atoms with Crippen molar-refractivity contribution in [3.63, 3.8) is 0 Å². The quantitative estimate of drug-likeness (QED) is 0.828. The zero-order valence-electron chi connectivity index (χ0n) is 9.58. The SMILES string of the molecule is CC(C)C1CCN(c2ncc(Br)cc2F)C1. The molecule has 1 aliphatic rings. The van der Waals surface area contributed by atoms with Crippen LogP contribution in [0.4, 0.5) is 10.2 Å². The fourth-order valence-electron chi connectivity index (χ4n) is 2.16. The molecule has 1 atom stereocenters. The first-order valence-electron chi connectivity index (χ1n) is 5.64. The van der Waals surface area contributed by atoms with Crippen molar-refractivity contribution in [2.45, 2.75) is 20.3 Å². The molecule has 2 heterocycles. The number of pyridine rings is 1. The molecule has 1 aromatic heterocycles. The third kappa shape index (κ3) is 2.37. The third-order valence-corrected chi connectivity index (χ3v) is 3.69. The molecular formula is C12H16BrFN2. The van der Waals surface area contributed by atoms with Crippen LogP contribution in [0.25, 0.3) is 0 Å². The number of rotatable bonds is 2. The maximum Gasteiger partial charge on any atom is 0.166 e. The minimum atomic E-state index is -0.237. The van der Waals surface area contributed by atoms with E-state index in [1.807, 2.05) is 4.90 Å². The summed E-state index contributed by atoms with van der Waals surface area (Å²) in [4.78, 5) is 6.21. The minimum absolute atomic E-state index is 0.237. The van der Waals surface area contributed by atoms with Gasteiger partial charge in [-0.15, -0.1) is 0 Å². The molecule has 4 heteroatoms. The molecule has 2 nitrogen and oxygen atoms in total. The number of nitrogens with zero attached hydrogens (tertiary/aromatic N) is 2. The van der Waals surface area contributed by atoms with Crippen molar-refractivity contribution in [2.75, 3.05) is 18.0 Å². The Morgan fingerprint density at radius 2 is 2.31 bits per heavy atom. The highest BCUT2D eigenvalue weighted by Crippen LogP contribution is 2.29. The van der Waals surface area contributed by atoms with E-state index in [1.54, 1.807) is 6.20 Å². The van der Waals surface area contributed by atoms with Crippen LogP contribution >= 0.6 is 15.9 Å². The summed E-state index contributed by atoms with van der Waals surface area (Å²) in [7, 11) is 0. The van der Waals surface area contributed by atoms with E-state index in [9.17, 15) is 4.39 Å². The van der Waals surface area contributed by atoms with Crippen molar-refractivity contribution in [2.24, 2.45) is 11.8 Å². The van der Waals surface area contributed by atoms with Crippen LogP contribution in [-0.2, 0) is 0 Å². The van der Waals surface area contributed by atoms with E-state index in [2.05, 4.69) is 34.8 Å². The summed E-state index contributed by atoms with van der Waals surface area (Å²) in [6.45, 7) is 6.27. The summed E-state index contributed by atoms with van der Waals surface area (Å²) >= 11 is 3.22. The second-order valence-corrected chi connectivity index (χ2v) is 5.61. The Bertz CT molecular complexity index is 381. The van der Waals surface area contributed by atoms with Crippen LogP contribution in [0.2, 0.25) is 0 Å². The smallest absolute Gasteiger partial charge is 0.166 e. The fourth-order valence-corrected chi connectivity index (χ4v) is 2.47. The van der Waals surface area contributed by atoms with Crippen molar-refractivity contribution in [3.8, 4) is 0 Å². The first kappa shape index (κ1) is 11.8. The van der Waals surface area contributed by atoms with Crippen molar-refractivity contribution in [3.05, 3.63) is 22.6 Å². The number of hydrogen-bond acceptors (Lipinski definition) is 2. The predicted octanol–water partition coefficient (Wildman–Crippen LogP) is 3.47. The van der Waals surface area contributed by atoms with Gasteiger partial charge in [0.2, 0.25) is 0 Å². The zero-order valence-corrected chi connectivity index (χ0v) is 11.2. The molecule has 1 fully saturated rings. The van der Waals surface area contributed by atoms with Crippen LogP contribution in [0.3, 0.4) is 0 Å². The molecule has 0 bridgehead atoms. The molecule has 0 spiro atoms. The highest BCUT2D eigenvalue weighted by Gasteiger charge is 2.27. The van der Waals surface area contributed by atoms with Gasteiger partial charge in [0, 0.05) is 23.8 Å². The van der Waals surface area contributed by atoms with Crippen LogP contribution in [0.15, 0.2) is 16.7 Å². The van der Waals surface area contributed by atoms with Crippen molar-refractivity contribution >= 4 is 21.7 Å². The Morgan fingerprint density at radius 1 is 1.56 bits per heavy atom. The van der Waals surface area contributed by atoms with Gasteiger partial charge in [-0.05, 0) is 40.3 Å². The predicted molar refractivity (Wildman–Crippen MR) is 67.1 cm³/mol. The number of hydrogen-bond donors (Lipinski definition) is 0. The van der Waals surface area contributed by atoms with Gasteiger partial charge in [-0.1, -0.05) is 13.8 Å². The standard InChI is InChI=1S/C12H16BrFN2/c1-8(2)9-3-4-16(7-9)12-11(14)5-10(13)6-15-12/h5-6,8-9H,3-4,7H2,1-2H3. The van der Waals surface area contributed by atoms with Gasteiger partial charge in [-0.25, -0.2) is 9.37 Å². The molecule has 88 valence electrons. The van der Waals surface area contributed by atoms with Gasteiger partial charge in [0.15, 0.2) is 11.6 Å². The summed E-state index contributed by atoms with van der Waals surface area (Å²) in [6.07, 6.45) is 2.79. The molecular weight excluding hydrogens is 271 g/mol. The summed E-state index contributed by atoms with van der Waals surface area (Å²) in [6, 6.07) is 1.48. The van der Waals surface area contributed by atoms with E-state index >= 15 is 0 Å². The lowest BCUT2D eigenvalue weighted by Gasteiger charge is -2.19. The summed E-state index contributed by atoms with van der Waals surface area (Å²) in [5.41, 5.74) is 0. The number of halogens is 2. The maximum absolute atomic E-state index is 13.7. The molecule has 0 N–H and O–H groups in total. The lowest BCUT2D eigenvalue weighted by molar-refractivity contribution is 0.422. The molecule has 1 unspecified atom stereocenters. The molecule has 1 aliphatic heterocycles. The second kappa shape index (κ2) is 4.70. The summed E-state index contributed by atoms with van der Waals surface area (Å²) < 4.78 is 14.4. The highest BCUT2D eigenvalue weighted by atomic mass is 79.9. The van der Waals surface area contributed by atoms with Gasteiger partial charge in [0.25, 0.3) is 0 Å². The van der Waals surface area contributed by atoms with E-state index in [4.69, 9.17) is 0 Å². The van der Waals surface area contributed by atoms with Crippen molar-refractivity contribution < 1.29 is 4.39 Å². The lowest BCUT2D eigenvalue weighted by atomic mass is 9.95. The molecule has 16 heavy (non-hydrogen) atoms. The van der Waals surface area contributed by atoms with E-state index < -0.39 is 0 Å². The van der Waals surface area contributed by atoms with E-state index in [0.717, 1.165) is 19.5 Å². The third-order valence-electron chi connectivity index (χ3n) is 3.26. The first-order chi connectivity index (χ1) is 7.58. The van der Waals surface area contributed by atoms with Crippen LogP contribution in [0, 0.1) is 17.7 Å². The van der Waals surface area contributed by atoms with Crippen LogP contribution in [0.1, 0.15) is 20.3 Å². The fraction of sp³-hybridized carbons (Fsp3) is 0.583. The molecule has 0 saturated carbocycles. The van der Waals surface area contributed by atoms with Crippen LogP contribution < -0.4 is 4.90 Å². The largest absolute Gasteiger partial charge is 0.354 e. The number of anilines is 1. The molecule has 1 aromatic rings. The maximum atomic E-state index is 13.7. The van der Waals surface area contributed by atoms with Crippen molar-refractivity contribution in [1.29, 1.82) is 0 Å². The molecule has 0 aromatic carbocycles. The van der Waals surface area contributed by atoms with Crippen LogP contribution in [-0.4, -0.2) is 18.1 Å². The summed E-state index contributed by atoms with van der Waals surface area (Å²) in [5.74, 6) is 1.57. The first-order valence-corrected chi connectivity index (χ1v) is 6.43. The summed E-state index contributed by atoms with van der Waals surface area (Å²) in [5, 5.41) is 0. The zero-order chi connectivity index (χ0) is 11.7. The topological polar surface area (TPSA) is 16.1 Å². The number of aromatic nitrogens is 1. The van der Waals surface area contributed by atoms with Gasteiger partial charge in [-0.2, -0.15) is 0 Å². The molecule has 1 saturated heterocycles. The van der Waals surface area contributed by atoms with Crippen molar-refractivity contribution in [1.82, 2.24) is 4.98 Å². The van der Waals surface area contributed by atoms with Crippen LogP contribution in [0.5, 0.6) is 0 Å².